The van der Waals surface area contributed by atoms with E-state index in [-0.39, 0.29) is 17.3 Å². The average molecular weight is 298 g/mol. The fourth-order valence-electron chi connectivity index (χ4n) is 2.10. The first kappa shape index (κ1) is 17.2. The van der Waals surface area contributed by atoms with Gasteiger partial charge in [-0.1, -0.05) is 34.6 Å². The van der Waals surface area contributed by atoms with Crippen LogP contribution in [0.25, 0.3) is 0 Å². The molecule has 114 valence electrons. The summed E-state index contributed by atoms with van der Waals surface area (Å²) in [6.07, 6.45) is -0.796. The molecule has 0 aliphatic rings. The van der Waals surface area contributed by atoms with Crippen LogP contribution in [0.5, 0.6) is 0 Å². The monoisotopic (exact) mass is 298 g/mol. The second kappa shape index (κ2) is 6.72. The Morgan fingerprint density at radius 1 is 1.35 bits per heavy atom. The largest absolute Gasteiger partial charge is 0.466 e. The van der Waals surface area contributed by atoms with E-state index >= 15 is 0 Å². The van der Waals surface area contributed by atoms with Crippen molar-refractivity contribution in [2.75, 3.05) is 6.61 Å². The molecule has 4 heteroatoms. The first-order valence-corrected chi connectivity index (χ1v) is 7.95. The molecule has 1 N–H and O–H groups in total. The lowest BCUT2D eigenvalue weighted by Crippen LogP contribution is -2.28. The van der Waals surface area contributed by atoms with Crippen molar-refractivity contribution in [2.24, 2.45) is 11.8 Å². The molecule has 0 spiro atoms. The van der Waals surface area contributed by atoms with Crippen molar-refractivity contribution in [3.05, 3.63) is 21.9 Å². The van der Waals surface area contributed by atoms with Gasteiger partial charge >= 0.3 is 5.97 Å². The molecule has 0 fully saturated rings. The van der Waals surface area contributed by atoms with Crippen molar-refractivity contribution in [2.45, 2.75) is 53.1 Å². The number of aliphatic hydroxyl groups excluding tert-OH is 1. The van der Waals surface area contributed by atoms with Crippen LogP contribution >= 0.6 is 11.3 Å². The minimum atomic E-state index is -0.796. The van der Waals surface area contributed by atoms with Crippen LogP contribution in [0, 0.1) is 11.8 Å². The SMILES string of the molecule is CCOC(=O)C(C(C)C)C(O)c1ccc(C(C)(C)C)s1. The van der Waals surface area contributed by atoms with Gasteiger partial charge in [0, 0.05) is 9.75 Å². The molecule has 2 unspecified atom stereocenters. The van der Waals surface area contributed by atoms with Crippen LogP contribution in [-0.2, 0) is 14.9 Å². The molecule has 0 aliphatic heterocycles. The van der Waals surface area contributed by atoms with Crippen molar-refractivity contribution in [3.63, 3.8) is 0 Å². The molecular formula is C16H26O3S. The lowest BCUT2D eigenvalue weighted by molar-refractivity contribution is -0.154. The van der Waals surface area contributed by atoms with Crippen LogP contribution < -0.4 is 0 Å². The fourth-order valence-corrected chi connectivity index (χ4v) is 3.20. The second-order valence-electron chi connectivity index (χ2n) is 6.42. The predicted molar refractivity (Wildman–Crippen MR) is 82.9 cm³/mol. The molecule has 3 nitrogen and oxygen atoms in total. The predicted octanol–water partition coefficient (Wildman–Crippen LogP) is 3.91. The Morgan fingerprint density at radius 3 is 2.35 bits per heavy atom. The Morgan fingerprint density at radius 2 is 1.95 bits per heavy atom. The van der Waals surface area contributed by atoms with Gasteiger partial charge in [-0.2, -0.15) is 0 Å². The van der Waals surface area contributed by atoms with Crippen LogP contribution in [0.3, 0.4) is 0 Å². The Labute approximate surface area is 126 Å². The highest BCUT2D eigenvalue weighted by molar-refractivity contribution is 7.12. The number of thiophene rings is 1. The van der Waals surface area contributed by atoms with Gasteiger partial charge in [0.15, 0.2) is 0 Å². The number of aliphatic hydroxyl groups is 1. The normalized spacial score (nSPS) is 15.2. The van der Waals surface area contributed by atoms with Crippen LogP contribution in [0.1, 0.15) is 57.4 Å². The van der Waals surface area contributed by atoms with Gasteiger partial charge < -0.3 is 9.84 Å². The molecule has 1 heterocycles. The molecule has 2 atom stereocenters. The lowest BCUT2D eigenvalue weighted by Gasteiger charge is -2.24. The average Bonchev–Trinajstić information content (AvgIpc) is 2.77. The number of esters is 1. The number of hydrogen-bond donors (Lipinski definition) is 1. The molecular weight excluding hydrogens is 272 g/mol. The van der Waals surface area contributed by atoms with E-state index in [1.807, 2.05) is 26.0 Å². The third-order valence-electron chi connectivity index (χ3n) is 3.27. The zero-order valence-electron chi connectivity index (χ0n) is 13.3. The van der Waals surface area contributed by atoms with Crippen molar-refractivity contribution >= 4 is 17.3 Å². The second-order valence-corrected chi connectivity index (χ2v) is 7.53. The Kier molecular flexibility index (Phi) is 5.78. The molecule has 0 aliphatic carbocycles. The summed E-state index contributed by atoms with van der Waals surface area (Å²) in [6.45, 7) is 12.4. The summed E-state index contributed by atoms with van der Waals surface area (Å²) in [5.41, 5.74) is 0.0554. The summed E-state index contributed by atoms with van der Waals surface area (Å²) in [5.74, 6) is -0.800. The summed E-state index contributed by atoms with van der Waals surface area (Å²) in [6, 6.07) is 3.95. The van der Waals surface area contributed by atoms with Crippen molar-refractivity contribution < 1.29 is 14.6 Å². The van der Waals surface area contributed by atoms with Crippen molar-refractivity contribution in [1.82, 2.24) is 0 Å². The first-order valence-electron chi connectivity index (χ1n) is 7.13. The third-order valence-corrected chi connectivity index (χ3v) is 4.86. The number of hydrogen-bond acceptors (Lipinski definition) is 4. The molecule has 0 amide bonds. The van der Waals surface area contributed by atoms with Gasteiger partial charge in [-0.3, -0.25) is 4.79 Å². The topological polar surface area (TPSA) is 46.5 Å². The van der Waals surface area contributed by atoms with Gasteiger partial charge in [-0.15, -0.1) is 11.3 Å². The van der Waals surface area contributed by atoms with Gasteiger partial charge in [0.1, 0.15) is 6.10 Å². The van der Waals surface area contributed by atoms with E-state index in [0.29, 0.717) is 6.61 Å². The number of ether oxygens (including phenoxy) is 1. The van der Waals surface area contributed by atoms with Gasteiger partial charge in [-0.05, 0) is 30.4 Å². The standard InChI is InChI=1S/C16H26O3S/c1-7-19-15(18)13(10(2)3)14(17)11-8-9-12(20-11)16(4,5)6/h8-10,13-14,17H,7H2,1-6H3. The van der Waals surface area contributed by atoms with Crippen LogP contribution in [0.15, 0.2) is 12.1 Å². The van der Waals surface area contributed by atoms with Crippen LogP contribution in [0.4, 0.5) is 0 Å². The maximum absolute atomic E-state index is 12.0. The quantitative estimate of drug-likeness (QED) is 0.838. The molecule has 1 aromatic rings. The van der Waals surface area contributed by atoms with Crippen LogP contribution in [0.2, 0.25) is 0 Å². The van der Waals surface area contributed by atoms with Gasteiger partial charge in [0.05, 0.1) is 12.5 Å². The number of carbonyl (C=O) groups excluding carboxylic acids is 1. The van der Waals surface area contributed by atoms with Crippen LogP contribution in [-0.4, -0.2) is 17.7 Å². The fraction of sp³-hybridized carbons (Fsp3) is 0.688. The van der Waals surface area contributed by atoms with E-state index in [9.17, 15) is 9.90 Å². The molecule has 20 heavy (non-hydrogen) atoms. The van der Waals surface area contributed by atoms with E-state index in [4.69, 9.17) is 4.74 Å². The van der Waals surface area contributed by atoms with E-state index in [2.05, 4.69) is 20.8 Å². The molecule has 0 bridgehead atoms. The lowest BCUT2D eigenvalue weighted by atomic mass is 9.89. The summed E-state index contributed by atoms with van der Waals surface area (Å²) in [4.78, 5) is 14.1. The van der Waals surface area contributed by atoms with Crippen molar-refractivity contribution in [3.8, 4) is 0 Å². The highest BCUT2D eigenvalue weighted by Crippen LogP contribution is 2.37. The van der Waals surface area contributed by atoms with Gasteiger partial charge in [0.25, 0.3) is 0 Å². The summed E-state index contributed by atoms with van der Waals surface area (Å²) in [7, 11) is 0. The van der Waals surface area contributed by atoms with Crippen molar-refractivity contribution in [1.29, 1.82) is 0 Å². The minimum absolute atomic E-state index is 0.0317. The Bertz CT molecular complexity index is 443. The van der Waals surface area contributed by atoms with Gasteiger partial charge in [-0.25, -0.2) is 0 Å². The minimum Gasteiger partial charge on any atom is -0.466 e. The highest BCUT2D eigenvalue weighted by atomic mass is 32.1. The molecule has 0 saturated carbocycles. The molecule has 0 saturated heterocycles. The summed E-state index contributed by atoms with van der Waals surface area (Å²) < 4.78 is 5.09. The summed E-state index contributed by atoms with van der Waals surface area (Å²) in [5, 5.41) is 10.5. The Hall–Kier alpha value is -0.870. The van der Waals surface area contributed by atoms with E-state index in [1.165, 1.54) is 4.88 Å². The number of carbonyl (C=O) groups is 1. The number of rotatable bonds is 5. The molecule has 0 radical (unpaired) electrons. The zero-order chi connectivity index (χ0) is 15.5. The zero-order valence-corrected chi connectivity index (χ0v) is 14.1. The third kappa shape index (κ3) is 4.06. The Balaban J connectivity index is 2.98. The maximum atomic E-state index is 12.0. The first-order chi connectivity index (χ1) is 9.18. The smallest absolute Gasteiger partial charge is 0.312 e. The summed E-state index contributed by atoms with van der Waals surface area (Å²) >= 11 is 1.57. The molecule has 0 aromatic carbocycles. The molecule has 1 aromatic heterocycles. The molecule has 1 rings (SSSR count). The maximum Gasteiger partial charge on any atom is 0.312 e. The highest BCUT2D eigenvalue weighted by Gasteiger charge is 2.33. The van der Waals surface area contributed by atoms with E-state index in [1.54, 1.807) is 18.3 Å². The van der Waals surface area contributed by atoms with Gasteiger partial charge in [0.2, 0.25) is 0 Å². The van der Waals surface area contributed by atoms with E-state index < -0.39 is 12.0 Å². The van der Waals surface area contributed by atoms with E-state index in [0.717, 1.165) is 4.88 Å².